The number of rotatable bonds is 6. The summed E-state index contributed by atoms with van der Waals surface area (Å²) >= 11 is 0. The highest BCUT2D eigenvalue weighted by Crippen LogP contribution is 2.14. The summed E-state index contributed by atoms with van der Waals surface area (Å²) in [6, 6.07) is 1.61. The number of likely N-dealkylation sites (tertiary alicyclic amines) is 1. The highest BCUT2D eigenvalue weighted by Gasteiger charge is 2.25. The summed E-state index contributed by atoms with van der Waals surface area (Å²) in [4.78, 5) is 34.3. The van der Waals surface area contributed by atoms with Gasteiger partial charge in [0, 0.05) is 38.5 Å². The van der Waals surface area contributed by atoms with Crippen molar-refractivity contribution in [2.45, 2.75) is 44.8 Å². The molecule has 2 aliphatic heterocycles. The Kier molecular flexibility index (Phi) is 6.80. The maximum absolute atomic E-state index is 12.5. The maximum atomic E-state index is 12.5. The average Bonchev–Trinajstić information content (AvgIpc) is 3.21. The summed E-state index contributed by atoms with van der Waals surface area (Å²) in [5.74, 6) is 0.197. The fourth-order valence-corrected chi connectivity index (χ4v) is 3.26. The van der Waals surface area contributed by atoms with Crippen LogP contribution in [0.2, 0.25) is 0 Å². The van der Waals surface area contributed by atoms with Crippen molar-refractivity contribution in [2.24, 2.45) is 0 Å². The fourth-order valence-electron chi connectivity index (χ4n) is 3.26. The molecule has 0 aromatic carbocycles. The van der Waals surface area contributed by atoms with E-state index in [1.165, 1.54) is 0 Å². The number of amides is 2. The smallest absolute Gasteiger partial charge is 0.409 e. The van der Waals surface area contributed by atoms with E-state index in [1.807, 2.05) is 0 Å². The Hall–Kier alpha value is -2.42. The summed E-state index contributed by atoms with van der Waals surface area (Å²) in [6.45, 7) is 4.73. The van der Waals surface area contributed by atoms with Gasteiger partial charge in [-0.15, -0.1) is 0 Å². The van der Waals surface area contributed by atoms with Gasteiger partial charge in [0.2, 0.25) is 5.95 Å². The Balaban J connectivity index is 1.46. The molecule has 148 valence electrons. The normalized spacial score (nSPS) is 20.3. The number of carbonyl (C=O) groups is 2. The van der Waals surface area contributed by atoms with Crippen molar-refractivity contribution in [1.29, 1.82) is 0 Å². The molecule has 9 nitrogen and oxygen atoms in total. The van der Waals surface area contributed by atoms with Crippen molar-refractivity contribution in [3.63, 3.8) is 0 Å². The molecule has 2 fully saturated rings. The van der Waals surface area contributed by atoms with E-state index in [-0.39, 0.29) is 24.1 Å². The van der Waals surface area contributed by atoms with Gasteiger partial charge in [-0.2, -0.15) is 0 Å². The van der Waals surface area contributed by atoms with E-state index < -0.39 is 0 Å². The molecule has 2 saturated heterocycles. The standard InChI is InChI=1S/C18H27N5O4/c1-2-26-18(25)23-9-6-13(7-10-23)21-16(24)15-5-8-19-17(22-15)20-12-14-4-3-11-27-14/h5,8,13-14H,2-4,6-7,9-12H2,1H3,(H,21,24)(H,19,20,22). The quantitative estimate of drug-likeness (QED) is 0.772. The molecule has 3 rings (SSSR count). The van der Waals surface area contributed by atoms with Gasteiger partial charge in [0.1, 0.15) is 5.69 Å². The Labute approximate surface area is 158 Å². The Morgan fingerprint density at radius 1 is 1.33 bits per heavy atom. The van der Waals surface area contributed by atoms with E-state index in [2.05, 4.69) is 20.6 Å². The maximum Gasteiger partial charge on any atom is 0.409 e. The minimum absolute atomic E-state index is 0.0152. The van der Waals surface area contributed by atoms with Crippen LogP contribution in [0.5, 0.6) is 0 Å². The molecular weight excluding hydrogens is 350 g/mol. The second-order valence-electron chi connectivity index (χ2n) is 6.72. The van der Waals surface area contributed by atoms with Crippen LogP contribution in [0.4, 0.5) is 10.7 Å². The second-order valence-corrected chi connectivity index (χ2v) is 6.72. The average molecular weight is 377 g/mol. The number of aromatic nitrogens is 2. The first-order valence-electron chi connectivity index (χ1n) is 9.56. The zero-order chi connectivity index (χ0) is 19.1. The lowest BCUT2D eigenvalue weighted by Gasteiger charge is -2.31. The number of carbonyl (C=O) groups excluding carboxylic acids is 2. The molecule has 9 heteroatoms. The van der Waals surface area contributed by atoms with E-state index in [4.69, 9.17) is 9.47 Å². The Morgan fingerprint density at radius 3 is 2.85 bits per heavy atom. The Bertz CT molecular complexity index is 642. The summed E-state index contributed by atoms with van der Waals surface area (Å²) in [5.41, 5.74) is 0.327. The molecule has 2 amide bonds. The highest BCUT2D eigenvalue weighted by molar-refractivity contribution is 5.92. The van der Waals surface area contributed by atoms with Crippen molar-refractivity contribution < 1.29 is 19.1 Å². The van der Waals surface area contributed by atoms with Crippen molar-refractivity contribution in [3.8, 4) is 0 Å². The Morgan fingerprint density at radius 2 is 2.15 bits per heavy atom. The first-order chi connectivity index (χ1) is 13.2. The van der Waals surface area contributed by atoms with Gasteiger partial charge in [-0.3, -0.25) is 4.79 Å². The van der Waals surface area contributed by atoms with Gasteiger partial charge in [-0.25, -0.2) is 14.8 Å². The highest BCUT2D eigenvalue weighted by atomic mass is 16.6. The van der Waals surface area contributed by atoms with Crippen LogP contribution >= 0.6 is 0 Å². The predicted molar refractivity (Wildman–Crippen MR) is 98.6 cm³/mol. The van der Waals surface area contributed by atoms with E-state index in [9.17, 15) is 9.59 Å². The molecular formula is C18H27N5O4. The van der Waals surface area contributed by atoms with E-state index in [1.54, 1.807) is 24.1 Å². The molecule has 2 aliphatic rings. The third-order valence-corrected chi connectivity index (χ3v) is 4.76. The molecule has 1 aromatic heterocycles. The number of anilines is 1. The monoisotopic (exact) mass is 377 g/mol. The number of piperidine rings is 1. The fraction of sp³-hybridized carbons (Fsp3) is 0.667. The lowest BCUT2D eigenvalue weighted by molar-refractivity contribution is 0.0856. The van der Waals surface area contributed by atoms with Crippen LogP contribution in [-0.4, -0.2) is 71.9 Å². The van der Waals surface area contributed by atoms with Gasteiger partial charge in [-0.1, -0.05) is 0 Å². The van der Waals surface area contributed by atoms with Gasteiger partial charge >= 0.3 is 6.09 Å². The topological polar surface area (TPSA) is 106 Å². The summed E-state index contributed by atoms with van der Waals surface area (Å²) in [5, 5.41) is 6.12. The molecule has 1 aromatic rings. The van der Waals surface area contributed by atoms with Crippen molar-refractivity contribution in [1.82, 2.24) is 20.2 Å². The lowest BCUT2D eigenvalue weighted by Crippen LogP contribution is -2.46. The minimum Gasteiger partial charge on any atom is -0.450 e. The van der Waals surface area contributed by atoms with Gasteiger partial charge in [0.05, 0.1) is 12.7 Å². The van der Waals surface area contributed by atoms with Crippen LogP contribution in [-0.2, 0) is 9.47 Å². The number of nitrogens with zero attached hydrogens (tertiary/aromatic N) is 3. The van der Waals surface area contributed by atoms with Crippen LogP contribution in [0.1, 0.15) is 43.1 Å². The predicted octanol–water partition coefficient (Wildman–Crippen LogP) is 1.42. The first-order valence-corrected chi connectivity index (χ1v) is 9.56. The molecule has 2 N–H and O–H groups in total. The SMILES string of the molecule is CCOC(=O)N1CCC(NC(=O)c2ccnc(NCC3CCCO3)n2)CC1. The zero-order valence-corrected chi connectivity index (χ0v) is 15.6. The van der Waals surface area contributed by atoms with Gasteiger partial charge in [0.15, 0.2) is 0 Å². The van der Waals surface area contributed by atoms with Gasteiger partial charge < -0.3 is 25.0 Å². The minimum atomic E-state index is -0.292. The first kappa shape index (κ1) is 19.3. The number of nitrogens with one attached hydrogen (secondary N) is 2. The lowest BCUT2D eigenvalue weighted by atomic mass is 10.1. The molecule has 1 atom stereocenters. The van der Waals surface area contributed by atoms with Crippen molar-refractivity contribution in [3.05, 3.63) is 18.0 Å². The van der Waals surface area contributed by atoms with Crippen LogP contribution in [0.15, 0.2) is 12.3 Å². The largest absolute Gasteiger partial charge is 0.450 e. The molecule has 0 aliphatic carbocycles. The third kappa shape index (κ3) is 5.53. The van der Waals surface area contributed by atoms with Crippen LogP contribution in [0.3, 0.4) is 0 Å². The summed E-state index contributed by atoms with van der Waals surface area (Å²) in [7, 11) is 0. The zero-order valence-electron chi connectivity index (χ0n) is 15.6. The van der Waals surface area contributed by atoms with Gasteiger partial charge in [-0.05, 0) is 38.7 Å². The van der Waals surface area contributed by atoms with Crippen LogP contribution < -0.4 is 10.6 Å². The second kappa shape index (κ2) is 9.50. The third-order valence-electron chi connectivity index (χ3n) is 4.76. The van der Waals surface area contributed by atoms with E-state index in [0.29, 0.717) is 50.7 Å². The van der Waals surface area contributed by atoms with E-state index >= 15 is 0 Å². The summed E-state index contributed by atoms with van der Waals surface area (Å²) in [6.07, 6.45) is 4.95. The number of hydrogen-bond donors (Lipinski definition) is 2. The molecule has 3 heterocycles. The van der Waals surface area contributed by atoms with Crippen LogP contribution in [0, 0.1) is 0 Å². The molecule has 0 saturated carbocycles. The van der Waals surface area contributed by atoms with Crippen molar-refractivity contribution in [2.75, 3.05) is 38.2 Å². The molecule has 0 radical (unpaired) electrons. The summed E-state index contributed by atoms with van der Waals surface area (Å²) < 4.78 is 10.6. The van der Waals surface area contributed by atoms with Crippen molar-refractivity contribution >= 4 is 17.9 Å². The number of ether oxygens (including phenoxy) is 2. The molecule has 0 spiro atoms. The van der Waals surface area contributed by atoms with Crippen LogP contribution in [0.25, 0.3) is 0 Å². The van der Waals surface area contributed by atoms with E-state index in [0.717, 1.165) is 19.4 Å². The molecule has 1 unspecified atom stereocenters. The molecule has 0 bridgehead atoms. The van der Waals surface area contributed by atoms with Gasteiger partial charge in [0.25, 0.3) is 5.91 Å². The molecule has 27 heavy (non-hydrogen) atoms. The number of hydrogen-bond acceptors (Lipinski definition) is 7.